The molecule has 248 valence electrons. The monoisotopic (exact) mass is 655 g/mol. The van der Waals surface area contributed by atoms with Gasteiger partial charge >= 0.3 is 12.1 Å². The number of carbonyl (C=O) groups excluding carboxylic acids is 5. The Bertz CT molecular complexity index is 1630. The van der Waals surface area contributed by atoms with E-state index in [-0.39, 0.29) is 6.42 Å². The van der Waals surface area contributed by atoms with Crippen LogP contribution in [0.4, 0.5) is 26.7 Å². The molecule has 0 aliphatic heterocycles. The first-order chi connectivity index (χ1) is 21.5. The molecule has 4 amide bonds. The number of rotatable bonds is 11. The van der Waals surface area contributed by atoms with E-state index in [2.05, 4.69) is 25.7 Å². The maximum absolute atomic E-state index is 13.7. The molecular weight excluding hydrogens is 625 g/mol. The van der Waals surface area contributed by atoms with Crippen LogP contribution in [-0.4, -0.2) is 65.5 Å². The van der Waals surface area contributed by atoms with Crippen molar-refractivity contribution in [1.29, 1.82) is 0 Å². The Balaban J connectivity index is 1.55. The molecular formula is C29H30F5N5O7. The van der Waals surface area contributed by atoms with E-state index in [4.69, 9.17) is 4.74 Å². The van der Waals surface area contributed by atoms with Gasteiger partial charge in [-0.25, -0.2) is 22.8 Å². The van der Waals surface area contributed by atoms with Crippen molar-refractivity contribution in [3.05, 3.63) is 65.1 Å². The van der Waals surface area contributed by atoms with Crippen molar-refractivity contribution in [3.8, 4) is 5.75 Å². The van der Waals surface area contributed by atoms with Crippen LogP contribution >= 0.6 is 0 Å². The van der Waals surface area contributed by atoms with E-state index in [1.807, 2.05) is 23.5 Å². The van der Waals surface area contributed by atoms with Crippen molar-refractivity contribution in [2.24, 2.45) is 0 Å². The van der Waals surface area contributed by atoms with Crippen molar-refractivity contribution in [3.63, 3.8) is 0 Å². The smallest absolute Gasteiger partial charge is 0.408 e. The molecule has 0 fully saturated rings. The van der Waals surface area contributed by atoms with E-state index in [0.29, 0.717) is 5.56 Å². The summed E-state index contributed by atoms with van der Waals surface area (Å²) in [5, 5.41) is 9.85. The molecule has 0 aliphatic rings. The van der Waals surface area contributed by atoms with Crippen LogP contribution in [0.5, 0.6) is 5.75 Å². The van der Waals surface area contributed by atoms with Crippen LogP contribution in [0.15, 0.2) is 30.5 Å². The predicted molar refractivity (Wildman–Crippen MR) is 151 cm³/mol. The van der Waals surface area contributed by atoms with Crippen LogP contribution in [0.25, 0.3) is 10.9 Å². The van der Waals surface area contributed by atoms with Gasteiger partial charge in [0, 0.05) is 23.5 Å². The highest BCUT2D eigenvalue weighted by Gasteiger charge is 2.30. The number of aromatic nitrogens is 1. The number of H-pyrrole nitrogens is 1. The van der Waals surface area contributed by atoms with Crippen molar-refractivity contribution in [2.45, 2.75) is 51.8 Å². The zero-order valence-electron chi connectivity index (χ0n) is 24.9. The fourth-order valence-electron chi connectivity index (χ4n) is 3.94. The van der Waals surface area contributed by atoms with Crippen molar-refractivity contribution < 1.29 is 55.4 Å². The molecule has 3 aromatic rings. The summed E-state index contributed by atoms with van der Waals surface area (Å²) in [5.74, 6) is -17.9. The highest BCUT2D eigenvalue weighted by atomic mass is 19.2. The summed E-state index contributed by atoms with van der Waals surface area (Å²) in [6.45, 7) is 4.40. The highest BCUT2D eigenvalue weighted by Crippen LogP contribution is 2.29. The molecule has 0 unspecified atom stereocenters. The first-order valence-corrected chi connectivity index (χ1v) is 13.6. The largest absolute Gasteiger partial charge is 0.444 e. The van der Waals surface area contributed by atoms with E-state index >= 15 is 0 Å². The molecule has 0 radical (unpaired) electrons. The molecule has 17 heteroatoms. The van der Waals surface area contributed by atoms with E-state index in [1.165, 1.54) is 6.92 Å². The molecule has 12 nitrogen and oxygen atoms in total. The van der Waals surface area contributed by atoms with E-state index in [1.54, 1.807) is 33.0 Å². The molecule has 46 heavy (non-hydrogen) atoms. The van der Waals surface area contributed by atoms with Crippen molar-refractivity contribution in [1.82, 2.24) is 26.3 Å². The third-order valence-corrected chi connectivity index (χ3v) is 6.10. The van der Waals surface area contributed by atoms with Crippen LogP contribution in [0.2, 0.25) is 0 Å². The van der Waals surface area contributed by atoms with Crippen LogP contribution in [0.3, 0.4) is 0 Å². The van der Waals surface area contributed by atoms with Gasteiger partial charge in [0.25, 0.3) is 0 Å². The maximum Gasteiger partial charge on any atom is 0.408 e. The van der Waals surface area contributed by atoms with Gasteiger partial charge in [0.05, 0.1) is 6.54 Å². The SMILES string of the molecule is C[C@H](NC(=O)[C@H](Cc1c[nH]c2ccccc12)NC(=O)OC(C)(C)C)C(=O)NCC(=O)NCC(=O)Oc1c(F)c(F)c(F)c(F)c1F. The van der Waals surface area contributed by atoms with Crippen molar-refractivity contribution >= 4 is 40.7 Å². The van der Waals surface area contributed by atoms with Crippen LogP contribution in [0, 0.1) is 29.1 Å². The lowest BCUT2D eigenvalue weighted by Gasteiger charge is -2.24. The molecule has 0 spiro atoms. The van der Waals surface area contributed by atoms with Gasteiger partial charge in [0.1, 0.15) is 24.2 Å². The quantitative estimate of drug-likeness (QED) is 0.0696. The third kappa shape index (κ3) is 9.15. The van der Waals surface area contributed by atoms with Gasteiger partial charge in [0.15, 0.2) is 0 Å². The number of carbonyl (C=O) groups is 5. The predicted octanol–water partition coefficient (Wildman–Crippen LogP) is 2.64. The van der Waals surface area contributed by atoms with Gasteiger partial charge in [-0.1, -0.05) is 18.2 Å². The minimum atomic E-state index is -2.45. The molecule has 1 heterocycles. The molecule has 2 aromatic carbocycles. The van der Waals surface area contributed by atoms with Gasteiger partial charge in [-0.3, -0.25) is 14.4 Å². The zero-order valence-corrected chi connectivity index (χ0v) is 24.9. The van der Waals surface area contributed by atoms with Crippen LogP contribution < -0.4 is 26.0 Å². The van der Waals surface area contributed by atoms with E-state index < -0.39 is 95.4 Å². The van der Waals surface area contributed by atoms with Gasteiger partial charge in [0.2, 0.25) is 52.6 Å². The second-order valence-corrected chi connectivity index (χ2v) is 10.9. The number of benzene rings is 2. The summed E-state index contributed by atoms with van der Waals surface area (Å²) in [6, 6.07) is 4.85. The maximum atomic E-state index is 13.7. The van der Waals surface area contributed by atoms with Crippen LogP contribution in [-0.2, 0) is 30.3 Å². The fourth-order valence-corrected chi connectivity index (χ4v) is 3.94. The number of nitrogens with one attached hydrogen (secondary N) is 5. The lowest BCUT2D eigenvalue weighted by atomic mass is 10.0. The number of para-hydroxylation sites is 1. The number of amides is 4. The lowest BCUT2D eigenvalue weighted by molar-refractivity contribution is -0.136. The van der Waals surface area contributed by atoms with Gasteiger partial charge in [-0.15, -0.1) is 0 Å². The second kappa shape index (κ2) is 14.7. The number of alkyl carbamates (subject to hydrolysis) is 1. The molecule has 0 saturated heterocycles. The molecule has 3 rings (SSSR count). The summed E-state index contributed by atoms with van der Waals surface area (Å²) < 4.78 is 76.5. The Hall–Kier alpha value is -5.22. The van der Waals surface area contributed by atoms with Gasteiger partial charge < -0.3 is 35.7 Å². The molecule has 5 N–H and O–H groups in total. The van der Waals surface area contributed by atoms with Crippen molar-refractivity contribution in [2.75, 3.05) is 13.1 Å². The summed E-state index contributed by atoms with van der Waals surface area (Å²) >= 11 is 0. The highest BCUT2D eigenvalue weighted by molar-refractivity contribution is 5.93. The number of fused-ring (bicyclic) bond motifs is 1. The zero-order chi connectivity index (χ0) is 34.3. The number of hydrogen-bond acceptors (Lipinski definition) is 7. The van der Waals surface area contributed by atoms with E-state index in [0.717, 1.165) is 10.9 Å². The summed E-state index contributed by atoms with van der Waals surface area (Å²) in [4.78, 5) is 65.2. The standard InChI is InChI=1S/C29H30F5N5O7/c1-13(26(42)37-11-18(40)36-12-19(41)45-25-23(33)21(31)20(30)22(32)24(25)34)38-27(43)17(39-28(44)46-29(2,3)4)9-14-10-35-16-8-6-5-7-15(14)16/h5-8,10,13,17,35H,9,11-12H2,1-4H3,(H,36,40)(H,37,42)(H,38,43)(H,39,44)/t13-,17-/m0/s1. The van der Waals surface area contributed by atoms with E-state index in [9.17, 15) is 45.9 Å². The topological polar surface area (TPSA) is 168 Å². The Morgan fingerprint density at radius 1 is 0.826 bits per heavy atom. The lowest BCUT2D eigenvalue weighted by Crippen LogP contribution is -2.54. The first-order valence-electron chi connectivity index (χ1n) is 13.6. The average Bonchev–Trinajstić information content (AvgIpc) is 3.40. The van der Waals surface area contributed by atoms with Crippen LogP contribution in [0.1, 0.15) is 33.3 Å². The average molecular weight is 656 g/mol. The van der Waals surface area contributed by atoms with Gasteiger partial charge in [-0.05, 0) is 39.3 Å². The Morgan fingerprint density at radius 2 is 1.43 bits per heavy atom. The number of aromatic amines is 1. The molecule has 0 bridgehead atoms. The Labute approximate surface area is 258 Å². The second-order valence-electron chi connectivity index (χ2n) is 10.9. The number of ether oxygens (including phenoxy) is 2. The number of halogens is 5. The molecule has 0 saturated carbocycles. The molecule has 1 aromatic heterocycles. The Kier molecular flexibility index (Phi) is 11.3. The molecule has 2 atom stereocenters. The first kappa shape index (κ1) is 35.3. The molecule has 0 aliphatic carbocycles. The number of hydrogen-bond donors (Lipinski definition) is 5. The minimum Gasteiger partial charge on any atom is -0.444 e. The normalized spacial score (nSPS) is 12.5. The number of esters is 1. The fraction of sp³-hybridized carbons (Fsp3) is 0.345. The summed E-state index contributed by atoms with van der Waals surface area (Å²) in [6.07, 6.45) is 0.822. The third-order valence-electron chi connectivity index (χ3n) is 6.10. The summed E-state index contributed by atoms with van der Waals surface area (Å²) in [5.41, 5.74) is 0.629. The minimum absolute atomic E-state index is 0.0208. The van der Waals surface area contributed by atoms with Gasteiger partial charge in [-0.2, -0.15) is 8.78 Å². The summed E-state index contributed by atoms with van der Waals surface area (Å²) in [7, 11) is 0. The Morgan fingerprint density at radius 3 is 2.07 bits per heavy atom.